The Morgan fingerprint density at radius 2 is 1.89 bits per heavy atom. The lowest BCUT2D eigenvalue weighted by atomic mass is 10.0. The zero-order valence-electron chi connectivity index (χ0n) is 10.0. The van der Waals surface area contributed by atoms with Crippen molar-refractivity contribution >= 4 is 33.4 Å². The van der Waals surface area contributed by atoms with Gasteiger partial charge in [0.05, 0.1) is 16.6 Å². The lowest BCUT2D eigenvalue weighted by molar-refractivity contribution is -0.385. The van der Waals surface area contributed by atoms with E-state index in [0.717, 1.165) is 5.39 Å². The first-order valence-electron chi connectivity index (χ1n) is 5.68. The van der Waals surface area contributed by atoms with Crippen LogP contribution in [0.1, 0.15) is 17.3 Å². The molecule has 94 valence electrons. The van der Waals surface area contributed by atoms with Gasteiger partial charge in [0.25, 0.3) is 5.69 Å². The molecule has 0 atom stereocenters. The van der Waals surface area contributed by atoms with Gasteiger partial charge < -0.3 is 4.42 Å². The summed E-state index contributed by atoms with van der Waals surface area (Å²) >= 11 is 0. The van der Waals surface area contributed by atoms with Crippen molar-refractivity contribution in [2.24, 2.45) is 0 Å². The summed E-state index contributed by atoms with van der Waals surface area (Å²) in [6.45, 7) is 1.32. The quantitative estimate of drug-likeness (QED) is 0.397. The van der Waals surface area contributed by atoms with E-state index >= 15 is 0 Å². The maximum absolute atomic E-state index is 11.5. The van der Waals surface area contributed by atoms with Gasteiger partial charge in [-0.05, 0) is 19.1 Å². The number of furan rings is 1. The molecule has 0 aliphatic heterocycles. The van der Waals surface area contributed by atoms with Gasteiger partial charge in [0, 0.05) is 10.8 Å². The number of para-hydroxylation sites is 1. The van der Waals surface area contributed by atoms with Gasteiger partial charge in [-0.2, -0.15) is 0 Å². The second-order valence-electron chi connectivity index (χ2n) is 4.28. The van der Waals surface area contributed by atoms with Crippen LogP contribution in [0.15, 0.2) is 40.8 Å². The summed E-state index contributed by atoms with van der Waals surface area (Å²) in [5.41, 5.74) is 0.938. The number of hydrogen-bond acceptors (Lipinski definition) is 4. The lowest BCUT2D eigenvalue weighted by Crippen LogP contribution is -1.99. The average molecular weight is 255 g/mol. The highest BCUT2D eigenvalue weighted by Crippen LogP contribution is 2.33. The number of nitro groups is 1. The molecule has 3 aromatic rings. The Hall–Kier alpha value is -2.69. The number of nitro benzene ring substituents is 1. The summed E-state index contributed by atoms with van der Waals surface area (Å²) in [4.78, 5) is 22.0. The van der Waals surface area contributed by atoms with Gasteiger partial charge in [0.15, 0.2) is 5.78 Å². The van der Waals surface area contributed by atoms with Crippen LogP contribution >= 0.6 is 0 Å². The minimum absolute atomic E-state index is 0.101. The smallest absolute Gasteiger partial charge is 0.283 e. The standard InChI is InChI=1S/C14H9NO4/c1-8(16)10-6-11-9-4-2-3-5-13(9)19-14(11)7-12(10)15(17)18/h2-7H,1H3. The van der Waals surface area contributed by atoms with Crippen LogP contribution in [0.3, 0.4) is 0 Å². The SMILES string of the molecule is CC(=O)c1cc2c(cc1[N+](=O)[O-])oc1ccccc12. The number of rotatable bonds is 2. The first-order chi connectivity index (χ1) is 9.08. The highest BCUT2D eigenvalue weighted by molar-refractivity contribution is 6.10. The molecule has 2 aromatic carbocycles. The third-order valence-electron chi connectivity index (χ3n) is 3.07. The zero-order chi connectivity index (χ0) is 13.6. The Morgan fingerprint density at radius 3 is 2.58 bits per heavy atom. The maximum atomic E-state index is 11.5. The van der Waals surface area contributed by atoms with Gasteiger partial charge in [0.1, 0.15) is 11.2 Å². The average Bonchev–Trinajstić information content (AvgIpc) is 2.74. The molecule has 0 aliphatic rings. The summed E-state index contributed by atoms with van der Waals surface area (Å²) in [7, 11) is 0. The van der Waals surface area contributed by atoms with Crippen LogP contribution in [-0.4, -0.2) is 10.7 Å². The molecular weight excluding hydrogens is 246 g/mol. The van der Waals surface area contributed by atoms with Crippen LogP contribution in [-0.2, 0) is 0 Å². The minimum atomic E-state index is -0.566. The van der Waals surface area contributed by atoms with Crippen LogP contribution in [0, 0.1) is 10.1 Å². The molecule has 0 unspecified atom stereocenters. The van der Waals surface area contributed by atoms with E-state index in [-0.39, 0.29) is 17.0 Å². The second-order valence-corrected chi connectivity index (χ2v) is 4.28. The Balaban J connectivity index is 2.46. The molecule has 0 bridgehead atoms. The van der Waals surface area contributed by atoms with E-state index in [9.17, 15) is 14.9 Å². The van der Waals surface area contributed by atoms with Crippen molar-refractivity contribution in [2.75, 3.05) is 0 Å². The summed E-state index contributed by atoms with van der Waals surface area (Å²) < 4.78 is 5.56. The molecule has 0 spiro atoms. The fourth-order valence-corrected chi connectivity index (χ4v) is 2.19. The highest BCUT2D eigenvalue weighted by Gasteiger charge is 2.21. The van der Waals surface area contributed by atoms with E-state index in [0.29, 0.717) is 16.6 Å². The first kappa shape index (κ1) is 11.4. The molecule has 5 nitrogen and oxygen atoms in total. The van der Waals surface area contributed by atoms with Crippen molar-refractivity contribution in [1.29, 1.82) is 0 Å². The second kappa shape index (κ2) is 3.91. The number of fused-ring (bicyclic) bond motifs is 3. The van der Waals surface area contributed by atoms with Crippen molar-refractivity contribution in [3.8, 4) is 0 Å². The lowest BCUT2D eigenvalue weighted by Gasteiger charge is -1.98. The Kier molecular flexibility index (Phi) is 2.35. The number of carbonyl (C=O) groups is 1. The normalized spacial score (nSPS) is 11.0. The van der Waals surface area contributed by atoms with Crippen molar-refractivity contribution in [1.82, 2.24) is 0 Å². The van der Waals surface area contributed by atoms with Crippen LogP contribution in [0.2, 0.25) is 0 Å². The minimum Gasteiger partial charge on any atom is -0.456 e. The fourth-order valence-electron chi connectivity index (χ4n) is 2.19. The third-order valence-corrected chi connectivity index (χ3v) is 3.07. The van der Waals surface area contributed by atoms with Gasteiger partial charge in [-0.3, -0.25) is 14.9 Å². The van der Waals surface area contributed by atoms with E-state index in [1.807, 2.05) is 18.2 Å². The van der Waals surface area contributed by atoms with Gasteiger partial charge in [-0.15, -0.1) is 0 Å². The molecule has 0 N–H and O–H groups in total. The molecule has 0 saturated carbocycles. The fraction of sp³-hybridized carbons (Fsp3) is 0.0714. The predicted octanol–water partition coefficient (Wildman–Crippen LogP) is 3.70. The largest absolute Gasteiger partial charge is 0.456 e. The number of nitrogens with zero attached hydrogens (tertiary/aromatic N) is 1. The maximum Gasteiger partial charge on any atom is 0.283 e. The molecule has 5 heteroatoms. The van der Waals surface area contributed by atoms with Gasteiger partial charge in [-0.1, -0.05) is 18.2 Å². The molecule has 0 amide bonds. The van der Waals surface area contributed by atoms with E-state index in [1.54, 1.807) is 6.07 Å². The van der Waals surface area contributed by atoms with E-state index in [2.05, 4.69) is 0 Å². The molecule has 0 radical (unpaired) electrons. The van der Waals surface area contributed by atoms with Gasteiger partial charge >= 0.3 is 0 Å². The number of benzene rings is 2. The summed E-state index contributed by atoms with van der Waals surface area (Å²) in [5.74, 6) is -0.334. The zero-order valence-corrected chi connectivity index (χ0v) is 10.0. The number of ketones is 1. The molecule has 0 saturated heterocycles. The van der Waals surface area contributed by atoms with Gasteiger partial charge in [0.2, 0.25) is 0 Å². The predicted molar refractivity (Wildman–Crippen MR) is 70.4 cm³/mol. The summed E-state index contributed by atoms with van der Waals surface area (Å²) in [6.07, 6.45) is 0. The third kappa shape index (κ3) is 1.67. The number of carbonyl (C=O) groups excluding carboxylic acids is 1. The van der Waals surface area contributed by atoms with Crippen molar-refractivity contribution in [3.05, 3.63) is 52.1 Å². The molecule has 1 heterocycles. The topological polar surface area (TPSA) is 73.3 Å². The van der Waals surface area contributed by atoms with Crippen LogP contribution in [0.5, 0.6) is 0 Å². The molecular formula is C14H9NO4. The van der Waals surface area contributed by atoms with E-state index in [4.69, 9.17) is 4.42 Å². The van der Waals surface area contributed by atoms with E-state index in [1.165, 1.54) is 19.1 Å². The number of Topliss-reactive ketones (excluding diaryl/α,β-unsaturated/α-hetero) is 1. The van der Waals surface area contributed by atoms with Gasteiger partial charge in [-0.25, -0.2) is 0 Å². The Bertz CT molecular complexity index is 832. The van der Waals surface area contributed by atoms with Crippen LogP contribution in [0.25, 0.3) is 21.9 Å². The molecule has 0 fully saturated rings. The Morgan fingerprint density at radius 1 is 1.16 bits per heavy atom. The molecule has 19 heavy (non-hydrogen) atoms. The Labute approximate surface area is 107 Å². The molecule has 1 aromatic heterocycles. The molecule has 0 aliphatic carbocycles. The van der Waals surface area contributed by atoms with Crippen LogP contribution < -0.4 is 0 Å². The van der Waals surface area contributed by atoms with Crippen LogP contribution in [0.4, 0.5) is 5.69 Å². The van der Waals surface area contributed by atoms with Crippen molar-refractivity contribution in [2.45, 2.75) is 6.92 Å². The monoisotopic (exact) mass is 255 g/mol. The number of hydrogen-bond donors (Lipinski definition) is 0. The van der Waals surface area contributed by atoms with Crippen molar-refractivity contribution in [3.63, 3.8) is 0 Å². The van der Waals surface area contributed by atoms with Crippen molar-refractivity contribution < 1.29 is 14.1 Å². The van der Waals surface area contributed by atoms with E-state index < -0.39 is 4.92 Å². The first-order valence-corrected chi connectivity index (χ1v) is 5.68. The molecule has 3 rings (SSSR count). The summed E-state index contributed by atoms with van der Waals surface area (Å²) in [6, 6.07) is 10.2. The summed E-state index contributed by atoms with van der Waals surface area (Å²) in [5, 5.41) is 12.6. The highest BCUT2D eigenvalue weighted by atomic mass is 16.6.